The summed E-state index contributed by atoms with van der Waals surface area (Å²) in [5, 5.41) is 3.35. The highest BCUT2D eigenvalue weighted by Gasteiger charge is 2.32. The van der Waals surface area contributed by atoms with Crippen LogP contribution in [0, 0.1) is 6.92 Å². The van der Waals surface area contributed by atoms with Crippen LogP contribution in [0.4, 0.5) is 5.69 Å². The van der Waals surface area contributed by atoms with E-state index in [1.165, 1.54) is 18.1 Å². The lowest BCUT2D eigenvalue weighted by Crippen LogP contribution is -2.52. The van der Waals surface area contributed by atoms with Gasteiger partial charge < -0.3 is 15.0 Å². The molecule has 2 aromatic rings. The molecular weight excluding hydrogens is 502 g/mol. The molecule has 0 spiro atoms. The number of hydrogen-bond acceptors (Lipinski definition) is 5. The predicted molar refractivity (Wildman–Crippen MR) is 142 cm³/mol. The third-order valence-corrected chi connectivity index (χ3v) is 7.79. The Labute approximate surface area is 218 Å². The molecule has 8 nitrogen and oxygen atoms in total. The van der Waals surface area contributed by atoms with Gasteiger partial charge in [-0.1, -0.05) is 54.3 Å². The smallest absolute Gasteiger partial charge is 0.244 e. The molecule has 0 aromatic heterocycles. The number of amides is 2. The fourth-order valence-corrected chi connectivity index (χ4v) is 5.33. The van der Waals surface area contributed by atoms with Gasteiger partial charge in [0.05, 0.1) is 19.1 Å². The minimum Gasteiger partial charge on any atom is -0.495 e. The summed E-state index contributed by atoms with van der Waals surface area (Å²) in [6.45, 7) is 3.28. The number of nitrogens with one attached hydrogen (secondary N) is 1. The number of methoxy groups -OCH3 is 1. The van der Waals surface area contributed by atoms with Gasteiger partial charge in [0.15, 0.2) is 0 Å². The number of carbonyl (C=O) groups excluding carboxylic acids is 2. The predicted octanol–water partition coefficient (Wildman–Crippen LogP) is 3.90. The minimum atomic E-state index is -3.89. The van der Waals surface area contributed by atoms with Crippen LogP contribution in [0.5, 0.6) is 5.75 Å². The Morgan fingerprint density at radius 2 is 1.78 bits per heavy atom. The topological polar surface area (TPSA) is 96.0 Å². The van der Waals surface area contributed by atoms with E-state index >= 15 is 0 Å². The first-order valence-corrected chi connectivity index (χ1v) is 14.2. The summed E-state index contributed by atoms with van der Waals surface area (Å²) in [5.41, 5.74) is 2.06. The van der Waals surface area contributed by atoms with Crippen LogP contribution < -0.4 is 14.4 Å². The number of aryl methyl sites for hydroxylation is 1. The molecule has 3 rings (SSSR count). The number of halogens is 1. The average Bonchev–Trinajstić information content (AvgIpc) is 3.33. The van der Waals surface area contributed by atoms with Crippen molar-refractivity contribution in [3.8, 4) is 5.75 Å². The molecule has 1 aliphatic carbocycles. The number of carbonyl (C=O) groups is 2. The summed E-state index contributed by atoms with van der Waals surface area (Å²) in [6.07, 6.45) is 4.98. The van der Waals surface area contributed by atoms with E-state index in [2.05, 4.69) is 5.32 Å². The fourth-order valence-electron chi connectivity index (χ4n) is 4.32. The number of hydrogen-bond donors (Lipinski definition) is 1. The standard InChI is InChI=1S/C26H34ClN3O5S/c1-18-9-11-20(12-10-18)16-29(19(2)26(32)28-22-7-5-6-8-22)25(31)17-30(36(4,33)34)23-15-21(27)13-14-24(23)35-3/h9-15,19,22H,5-8,16-17H2,1-4H3,(H,28,32)/t19-/m0/s1. The maximum absolute atomic E-state index is 13.7. The molecule has 1 aliphatic rings. The molecule has 10 heteroatoms. The van der Waals surface area contributed by atoms with Gasteiger partial charge in [0.2, 0.25) is 21.8 Å². The molecule has 196 valence electrons. The van der Waals surface area contributed by atoms with E-state index in [0.717, 1.165) is 47.4 Å². The Kier molecular flexibility index (Phi) is 9.24. The van der Waals surface area contributed by atoms with Crippen LogP contribution >= 0.6 is 11.6 Å². The van der Waals surface area contributed by atoms with Crippen molar-refractivity contribution in [2.75, 3.05) is 24.2 Å². The van der Waals surface area contributed by atoms with E-state index in [-0.39, 0.29) is 29.9 Å². The molecule has 0 aliphatic heterocycles. The van der Waals surface area contributed by atoms with E-state index in [1.807, 2.05) is 31.2 Å². The van der Waals surface area contributed by atoms with Crippen LogP contribution in [0.3, 0.4) is 0 Å². The Hall–Kier alpha value is -2.78. The molecule has 0 unspecified atom stereocenters. The van der Waals surface area contributed by atoms with E-state index in [0.29, 0.717) is 5.02 Å². The fraction of sp³-hybridized carbons (Fsp3) is 0.462. The molecule has 1 saturated carbocycles. The van der Waals surface area contributed by atoms with Crippen LogP contribution in [0.1, 0.15) is 43.7 Å². The molecule has 1 atom stereocenters. The first-order chi connectivity index (χ1) is 17.0. The Balaban J connectivity index is 1.92. The van der Waals surface area contributed by atoms with Crippen molar-refractivity contribution in [2.24, 2.45) is 0 Å². The number of sulfonamides is 1. The van der Waals surface area contributed by atoms with Gasteiger partial charge in [0.25, 0.3) is 0 Å². The number of benzene rings is 2. The lowest BCUT2D eigenvalue weighted by atomic mass is 10.1. The molecule has 0 bridgehead atoms. The third kappa shape index (κ3) is 7.13. The number of ether oxygens (including phenoxy) is 1. The average molecular weight is 536 g/mol. The molecule has 1 fully saturated rings. The largest absolute Gasteiger partial charge is 0.495 e. The van der Waals surface area contributed by atoms with Crippen molar-refractivity contribution >= 4 is 39.1 Å². The van der Waals surface area contributed by atoms with Gasteiger partial charge in [0.1, 0.15) is 18.3 Å². The zero-order valence-electron chi connectivity index (χ0n) is 21.2. The monoisotopic (exact) mass is 535 g/mol. The van der Waals surface area contributed by atoms with Crippen molar-refractivity contribution in [3.63, 3.8) is 0 Å². The van der Waals surface area contributed by atoms with E-state index in [1.54, 1.807) is 19.1 Å². The molecule has 0 saturated heterocycles. The van der Waals surface area contributed by atoms with Gasteiger partial charge in [-0.2, -0.15) is 0 Å². The summed E-state index contributed by atoms with van der Waals surface area (Å²) < 4.78 is 31.8. The number of nitrogens with zero attached hydrogens (tertiary/aromatic N) is 2. The van der Waals surface area contributed by atoms with Gasteiger partial charge >= 0.3 is 0 Å². The first-order valence-electron chi connectivity index (χ1n) is 12.0. The SMILES string of the molecule is COc1ccc(Cl)cc1N(CC(=O)N(Cc1ccc(C)cc1)[C@@H](C)C(=O)NC1CCCC1)S(C)(=O)=O. The highest BCUT2D eigenvalue weighted by Crippen LogP contribution is 2.33. The van der Waals surface area contributed by atoms with Crippen molar-refractivity contribution in [1.29, 1.82) is 0 Å². The van der Waals surface area contributed by atoms with Crippen molar-refractivity contribution in [3.05, 3.63) is 58.6 Å². The maximum Gasteiger partial charge on any atom is 0.244 e. The lowest BCUT2D eigenvalue weighted by Gasteiger charge is -2.32. The van der Waals surface area contributed by atoms with Crippen LogP contribution in [-0.2, 0) is 26.2 Å². The zero-order chi connectivity index (χ0) is 26.5. The van der Waals surface area contributed by atoms with Crippen LogP contribution in [0.2, 0.25) is 5.02 Å². The van der Waals surface area contributed by atoms with Crippen LogP contribution in [0.15, 0.2) is 42.5 Å². The van der Waals surface area contributed by atoms with Gasteiger partial charge in [-0.3, -0.25) is 13.9 Å². The van der Waals surface area contributed by atoms with Gasteiger partial charge in [0, 0.05) is 17.6 Å². The summed E-state index contributed by atoms with van der Waals surface area (Å²) >= 11 is 6.13. The number of rotatable bonds is 10. The van der Waals surface area contributed by atoms with E-state index < -0.39 is 28.5 Å². The van der Waals surface area contributed by atoms with E-state index in [4.69, 9.17) is 16.3 Å². The third-order valence-electron chi connectivity index (χ3n) is 6.43. The lowest BCUT2D eigenvalue weighted by molar-refractivity contribution is -0.139. The summed E-state index contributed by atoms with van der Waals surface area (Å²) in [6, 6.07) is 11.5. The normalized spacial score (nSPS) is 14.8. The second kappa shape index (κ2) is 12.0. The second-order valence-electron chi connectivity index (χ2n) is 9.26. The van der Waals surface area contributed by atoms with Gasteiger partial charge in [-0.15, -0.1) is 0 Å². The van der Waals surface area contributed by atoms with Crippen molar-refractivity contribution in [1.82, 2.24) is 10.2 Å². The summed E-state index contributed by atoms with van der Waals surface area (Å²) in [5.74, 6) is -0.513. The Bertz CT molecular complexity index is 1180. The Morgan fingerprint density at radius 3 is 2.36 bits per heavy atom. The molecule has 2 amide bonds. The number of anilines is 1. The van der Waals surface area contributed by atoms with E-state index in [9.17, 15) is 18.0 Å². The van der Waals surface area contributed by atoms with Crippen LogP contribution in [0.25, 0.3) is 0 Å². The Morgan fingerprint density at radius 1 is 1.14 bits per heavy atom. The quantitative estimate of drug-likeness (QED) is 0.498. The molecule has 36 heavy (non-hydrogen) atoms. The molecule has 0 heterocycles. The zero-order valence-corrected chi connectivity index (χ0v) is 22.7. The van der Waals surface area contributed by atoms with Crippen molar-refractivity contribution in [2.45, 2.75) is 58.2 Å². The summed E-state index contributed by atoms with van der Waals surface area (Å²) in [4.78, 5) is 28.2. The van der Waals surface area contributed by atoms with Crippen molar-refractivity contribution < 1.29 is 22.7 Å². The van der Waals surface area contributed by atoms with Crippen LogP contribution in [-0.4, -0.2) is 57.1 Å². The summed E-state index contributed by atoms with van der Waals surface area (Å²) in [7, 11) is -2.48. The first kappa shape index (κ1) is 27.8. The molecule has 2 aromatic carbocycles. The molecule has 0 radical (unpaired) electrons. The van der Waals surface area contributed by atoms with Gasteiger partial charge in [-0.05, 0) is 50.5 Å². The van der Waals surface area contributed by atoms with Gasteiger partial charge in [-0.25, -0.2) is 8.42 Å². The highest BCUT2D eigenvalue weighted by atomic mass is 35.5. The maximum atomic E-state index is 13.7. The minimum absolute atomic E-state index is 0.0968. The molecule has 1 N–H and O–H groups in total. The molecular formula is C26H34ClN3O5S. The second-order valence-corrected chi connectivity index (χ2v) is 11.6. The highest BCUT2D eigenvalue weighted by molar-refractivity contribution is 7.92.